The molecule has 0 saturated carbocycles. The summed E-state index contributed by atoms with van der Waals surface area (Å²) >= 11 is 0. The summed E-state index contributed by atoms with van der Waals surface area (Å²) in [6, 6.07) is 0.483. The van der Waals surface area contributed by atoms with Crippen LogP contribution in [0.2, 0.25) is 0 Å². The molecule has 0 bridgehead atoms. The molecule has 0 saturated heterocycles. The molecule has 1 rings (SSSR count). The van der Waals surface area contributed by atoms with Crippen LogP contribution in [0.25, 0.3) is 0 Å². The maximum absolute atomic E-state index is 5.53. The second-order valence-corrected chi connectivity index (χ2v) is 4.73. The van der Waals surface area contributed by atoms with Gasteiger partial charge in [0.2, 0.25) is 5.95 Å². The Morgan fingerprint density at radius 2 is 1.94 bits per heavy atom. The van der Waals surface area contributed by atoms with E-state index in [0.717, 1.165) is 30.9 Å². The smallest absolute Gasteiger partial charge is 0.225 e. The quantitative estimate of drug-likeness (QED) is 0.769. The number of anilines is 1. The maximum Gasteiger partial charge on any atom is 0.225 e. The van der Waals surface area contributed by atoms with Crippen molar-refractivity contribution in [3.63, 3.8) is 0 Å². The molecule has 2 N–H and O–H groups in total. The molecule has 102 valence electrons. The van der Waals surface area contributed by atoms with Gasteiger partial charge in [-0.3, -0.25) is 0 Å². The third-order valence-electron chi connectivity index (χ3n) is 3.26. The topological polar surface area (TPSA) is 55.0 Å². The molecule has 0 aliphatic rings. The molecule has 4 heteroatoms. The Morgan fingerprint density at radius 1 is 1.28 bits per heavy atom. The van der Waals surface area contributed by atoms with Crippen LogP contribution in [-0.2, 0) is 6.42 Å². The van der Waals surface area contributed by atoms with Crippen molar-refractivity contribution < 1.29 is 0 Å². The van der Waals surface area contributed by atoms with Gasteiger partial charge in [-0.25, -0.2) is 9.97 Å². The molecular weight excluding hydrogens is 224 g/mol. The highest BCUT2D eigenvalue weighted by Crippen LogP contribution is 2.14. The Kier molecular flexibility index (Phi) is 6.65. The monoisotopic (exact) mass is 250 g/mol. The number of nitrogens with zero attached hydrogens (tertiary/aromatic N) is 3. The van der Waals surface area contributed by atoms with Crippen LogP contribution < -0.4 is 10.6 Å². The largest absolute Gasteiger partial charge is 0.338 e. The third-order valence-corrected chi connectivity index (χ3v) is 3.26. The van der Waals surface area contributed by atoms with Crippen molar-refractivity contribution in [1.82, 2.24) is 9.97 Å². The lowest BCUT2D eigenvalue weighted by Gasteiger charge is -2.28. The molecule has 4 nitrogen and oxygen atoms in total. The lowest BCUT2D eigenvalue weighted by molar-refractivity contribution is 0.582. The number of unbranched alkanes of at least 4 members (excludes halogenated alkanes) is 1. The van der Waals surface area contributed by atoms with Crippen LogP contribution in [-0.4, -0.2) is 29.1 Å². The molecule has 0 amide bonds. The zero-order valence-electron chi connectivity index (χ0n) is 11.9. The highest BCUT2D eigenvalue weighted by atomic mass is 15.3. The average Bonchev–Trinajstić information content (AvgIpc) is 2.41. The number of nitrogens with two attached hydrogens (primary N) is 1. The van der Waals surface area contributed by atoms with E-state index in [0.29, 0.717) is 12.6 Å². The van der Waals surface area contributed by atoms with E-state index in [1.54, 1.807) is 0 Å². The molecule has 1 aromatic heterocycles. The Morgan fingerprint density at radius 3 is 2.44 bits per heavy atom. The summed E-state index contributed by atoms with van der Waals surface area (Å²) in [6.45, 7) is 8.31. The lowest BCUT2D eigenvalue weighted by Crippen LogP contribution is -2.35. The summed E-state index contributed by atoms with van der Waals surface area (Å²) in [4.78, 5) is 11.3. The first-order valence-corrected chi connectivity index (χ1v) is 7.00. The summed E-state index contributed by atoms with van der Waals surface area (Å²) in [7, 11) is 0. The summed E-state index contributed by atoms with van der Waals surface area (Å²) in [5.41, 5.74) is 6.64. The minimum atomic E-state index is 0.483. The molecule has 0 aliphatic carbocycles. The van der Waals surface area contributed by atoms with Gasteiger partial charge in [0.1, 0.15) is 0 Å². The van der Waals surface area contributed by atoms with Crippen molar-refractivity contribution in [3.8, 4) is 0 Å². The van der Waals surface area contributed by atoms with Gasteiger partial charge in [0.25, 0.3) is 0 Å². The van der Waals surface area contributed by atoms with Crippen molar-refractivity contribution in [1.29, 1.82) is 0 Å². The van der Waals surface area contributed by atoms with Gasteiger partial charge in [-0.1, -0.05) is 20.3 Å². The predicted molar refractivity (Wildman–Crippen MR) is 76.8 cm³/mol. The molecule has 0 aliphatic heterocycles. The summed E-state index contributed by atoms with van der Waals surface area (Å²) < 4.78 is 0. The number of aromatic nitrogens is 2. The Balaban J connectivity index is 2.77. The van der Waals surface area contributed by atoms with E-state index in [1.807, 2.05) is 12.4 Å². The molecule has 1 atom stereocenters. The fourth-order valence-electron chi connectivity index (χ4n) is 1.86. The molecular formula is C14H26N4. The number of hydrogen-bond acceptors (Lipinski definition) is 4. The molecule has 0 radical (unpaired) electrons. The number of rotatable bonds is 8. The summed E-state index contributed by atoms with van der Waals surface area (Å²) in [5.74, 6) is 0.846. The average molecular weight is 250 g/mol. The first kappa shape index (κ1) is 14.9. The van der Waals surface area contributed by atoms with E-state index in [9.17, 15) is 0 Å². The molecule has 0 fully saturated rings. The van der Waals surface area contributed by atoms with Crippen molar-refractivity contribution in [2.24, 2.45) is 5.73 Å². The third kappa shape index (κ3) is 4.26. The first-order valence-electron chi connectivity index (χ1n) is 7.00. The Labute approximate surface area is 111 Å². The van der Waals surface area contributed by atoms with E-state index in [2.05, 4.69) is 35.6 Å². The van der Waals surface area contributed by atoms with E-state index in [-0.39, 0.29) is 0 Å². The van der Waals surface area contributed by atoms with Gasteiger partial charge in [-0.2, -0.15) is 0 Å². The normalized spacial score (nSPS) is 12.4. The van der Waals surface area contributed by atoms with Crippen molar-refractivity contribution >= 4 is 5.95 Å². The highest BCUT2D eigenvalue weighted by Gasteiger charge is 2.14. The fraction of sp³-hybridized carbons (Fsp3) is 0.714. The molecule has 1 aromatic rings. The van der Waals surface area contributed by atoms with Crippen LogP contribution in [0, 0.1) is 0 Å². The minimum Gasteiger partial charge on any atom is -0.338 e. The van der Waals surface area contributed by atoms with Gasteiger partial charge in [0.15, 0.2) is 0 Å². The molecule has 1 heterocycles. The summed E-state index contributed by atoms with van der Waals surface area (Å²) in [5, 5.41) is 0. The standard InChI is InChI=1S/C14H26N4/c1-4-6-9-18(12(3)5-2)14-16-10-13(7-8-15)11-17-14/h10-12H,4-9,15H2,1-3H3. The van der Waals surface area contributed by atoms with Crippen LogP contribution in [0.4, 0.5) is 5.95 Å². The Bertz CT molecular complexity index is 323. The van der Waals surface area contributed by atoms with Gasteiger partial charge < -0.3 is 10.6 Å². The maximum atomic E-state index is 5.53. The predicted octanol–water partition coefficient (Wildman–Crippen LogP) is 2.38. The van der Waals surface area contributed by atoms with Gasteiger partial charge in [-0.15, -0.1) is 0 Å². The second kappa shape index (κ2) is 8.03. The van der Waals surface area contributed by atoms with Crippen LogP contribution in [0.5, 0.6) is 0 Å². The molecule has 0 aromatic carbocycles. The van der Waals surface area contributed by atoms with Crippen LogP contribution in [0.3, 0.4) is 0 Å². The first-order chi connectivity index (χ1) is 8.72. The van der Waals surface area contributed by atoms with Crippen molar-refractivity contribution in [2.45, 2.75) is 52.5 Å². The van der Waals surface area contributed by atoms with Gasteiger partial charge in [0.05, 0.1) is 0 Å². The molecule has 1 unspecified atom stereocenters. The molecule has 18 heavy (non-hydrogen) atoms. The second-order valence-electron chi connectivity index (χ2n) is 4.73. The van der Waals surface area contributed by atoms with Crippen LogP contribution in [0.15, 0.2) is 12.4 Å². The van der Waals surface area contributed by atoms with Gasteiger partial charge >= 0.3 is 0 Å². The Hall–Kier alpha value is -1.16. The molecule has 0 spiro atoms. The fourth-order valence-corrected chi connectivity index (χ4v) is 1.86. The van der Waals surface area contributed by atoms with E-state index in [1.165, 1.54) is 12.8 Å². The van der Waals surface area contributed by atoms with E-state index >= 15 is 0 Å². The zero-order valence-corrected chi connectivity index (χ0v) is 11.9. The highest BCUT2D eigenvalue weighted by molar-refractivity contribution is 5.31. The van der Waals surface area contributed by atoms with E-state index in [4.69, 9.17) is 5.73 Å². The summed E-state index contributed by atoms with van der Waals surface area (Å²) in [6.07, 6.45) is 8.12. The van der Waals surface area contributed by atoms with Crippen molar-refractivity contribution in [3.05, 3.63) is 18.0 Å². The van der Waals surface area contributed by atoms with Crippen LogP contribution >= 0.6 is 0 Å². The van der Waals surface area contributed by atoms with Crippen molar-refractivity contribution in [2.75, 3.05) is 18.0 Å². The van der Waals surface area contributed by atoms with E-state index < -0.39 is 0 Å². The minimum absolute atomic E-state index is 0.483. The van der Waals surface area contributed by atoms with Crippen LogP contribution in [0.1, 0.15) is 45.6 Å². The zero-order chi connectivity index (χ0) is 13.4. The lowest BCUT2D eigenvalue weighted by atomic mass is 10.2. The SMILES string of the molecule is CCCCN(c1ncc(CCN)cn1)C(C)CC. The van der Waals surface area contributed by atoms with Gasteiger partial charge in [-0.05, 0) is 38.3 Å². The van der Waals surface area contributed by atoms with Gasteiger partial charge in [0, 0.05) is 25.0 Å². The number of hydrogen-bond donors (Lipinski definition) is 1.